The van der Waals surface area contributed by atoms with Crippen LogP contribution >= 0.6 is 23.2 Å². The van der Waals surface area contributed by atoms with Gasteiger partial charge in [-0.15, -0.1) is 0 Å². The number of nitrogens with two attached hydrogens (primary N) is 1. The van der Waals surface area contributed by atoms with E-state index in [9.17, 15) is 22.8 Å². The number of carbonyl (C=O) groups is 2. The Morgan fingerprint density at radius 3 is 2.60 bits per heavy atom. The number of halogens is 5. The molecule has 0 bridgehead atoms. The molecule has 0 spiro atoms. The minimum absolute atomic E-state index is 0.0333. The second-order valence-electron chi connectivity index (χ2n) is 7.69. The fourth-order valence-corrected chi connectivity index (χ4v) is 3.73. The van der Waals surface area contributed by atoms with Gasteiger partial charge in [0.25, 0.3) is 0 Å². The van der Waals surface area contributed by atoms with Crippen LogP contribution in [0.2, 0.25) is 10.0 Å². The summed E-state index contributed by atoms with van der Waals surface area (Å²) in [4.78, 5) is 24.5. The highest BCUT2D eigenvalue weighted by Gasteiger charge is 2.43. The zero-order valence-electron chi connectivity index (χ0n) is 18.2. The van der Waals surface area contributed by atoms with E-state index in [2.05, 4.69) is 10.1 Å². The second-order valence-corrected chi connectivity index (χ2v) is 8.50. The first-order valence-corrected chi connectivity index (χ1v) is 11.2. The molecular formula is C22H22Cl2F3N3O5. The van der Waals surface area contributed by atoms with Crippen molar-refractivity contribution in [2.75, 3.05) is 31.6 Å². The Kier molecular flexibility index (Phi) is 8.92. The summed E-state index contributed by atoms with van der Waals surface area (Å²) >= 11 is 11.9. The highest BCUT2D eigenvalue weighted by Crippen LogP contribution is 2.29. The molecule has 0 aliphatic carbocycles. The van der Waals surface area contributed by atoms with Crippen LogP contribution in [-0.2, 0) is 9.53 Å². The maximum absolute atomic E-state index is 12.8. The molecule has 3 N–H and O–H groups in total. The van der Waals surface area contributed by atoms with Gasteiger partial charge in [-0.05, 0) is 30.7 Å². The number of para-hydroxylation sites is 2. The van der Waals surface area contributed by atoms with E-state index < -0.39 is 30.9 Å². The number of ether oxygens (including phenoxy) is 3. The lowest BCUT2D eigenvalue weighted by molar-refractivity contribution is -0.206. The molecule has 1 aliphatic rings. The van der Waals surface area contributed by atoms with Crippen molar-refractivity contribution in [2.24, 2.45) is 5.73 Å². The smallest absolute Gasteiger partial charge is 0.489 e. The van der Waals surface area contributed by atoms with Gasteiger partial charge >= 0.3 is 18.2 Å². The van der Waals surface area contributed by atoms with Gasteiger partial charge in [0.1, 0.15) is 30.3 Å². The molecule has 3 rings (SSSR count). The van der Waals surface area contributed by atoms with E-state index in [-0.39, 0.29) is 24.1 Å². The van der Waals surface area contributed by atoms with E-state index >= 15 is 0 Å². The topological polar surface area (TPSA) is 103 Å². The Labute approximate surface area is 209 Å². The van der Waals surface area contributed by atoms with Gasteiger partial charge in [0.2, 0.25) is 0 Å². The summed E-state index contributed by atoms with van der Waals surface area (Å²) in [5.41, 5.74) is 5.34. The molecule has 1 heterocycles. The predicted molar refractivity (Wildman–Crippen MR) is 123 cm³/mol. The number of amides is 2. The van der Waals surface area contributed by atoms with Gasteiger partial charge in [-0.1, -0.05) is 35.3 Å². The largest absolute Gasteiger partial charge is 0.490 e. The van der Waals surface area contributed by atoms with Gasteiger partial charge in [-0.2, -0.15) is 13.2 Å². The van der Waals surface area contributed by atoms with E-state index in [0.29, 0.717) is 35.3 Å². The van der Waals surface area contributed by atoms with Crippen molar-refractivity contribution in [3.63, 3.8) is 0 Å². The van der Waals surface area contributed by atoms with Crippen molar-refractivity contribution in [1.82, 2.24) is 4.90 Å². The van der Waals surface area contributed by atoms with Gasteiger partial charge < -0.3 is 25.3 Å². The Balaban J connectivity index is 1.63. The van der Waals surface area contributed by atoms with E-state index in [1.807, 2.05) is 0 Å². The third-order valence-corrected chi connectivity index (χ3v) is 5.70. The summed E-state index contributed by atoms with van der Waals surface area (Å²) in [6.45, 7) is 0.439. The van der Waals surface area contributed by atoms with Gasteiger partial charge in [-0.3, -0.25) is 4.90 Å². The lowest BCUT2D eigenvalue weighted by Crippen LogP contribution is -2.41. The molecule has 35 heavy (non-hydrogen) atoms. The molecule has 1 aliphatic heterocycles. The lowest BCUT2D eigenvalue weighted by Gasteiger charge is -2.25. The van der Waals surface area contributed by atoms with Crippen LogP contribution in [0.1, 0.15) is 6.42 Å². The van der Waals surface area contributed by atoms with Crippen LogP contribution in [0.4, 0.5) is 23.7 Å². The maximum Gasteiger partial charge on any atom is 0.490 e. The molecule has 0 radical (unpaired) electrons. The van der Waals surface area contributed by atoms with E-state index in [4.69, 9.17) is 38.4 Å². The monoisotopic (exact) mass is 535 g/mol. The average molecular weight is 536 g/mol. The number of likely N-dealkylation sites (tertiary alicyclic amines) is 1. The number of hydrogen-bond donors (Lipinski definition) is 2. The molecule has 8 nitrogen and oxygen atoms in total. The molecule has 0 aromatic heterocycles. The van der Waals surface area contributed by atoms with Gasteiger partial charge in [0.15, 0.2) is 0 Å². The quantitative estimate of drug-likeness (QED) is 0.458. The molecule has 2 aromatic carbocycles. The van der Waals surface area contributed by atoms with Crippen LogP contribution in [-0.4, -0.2) is 61.5 Å². The van der Waals surface area contributed by atoms with Crippen LogP contribution in [0.3, 0.4) is 0 Å². The Hall–Kier alpha value is -2.89. The number of carbonyl (C=O) groups excluding carboxylic acids is 2. The van der Waals surface area contributed by atoms with Crippen molar-refractivity contribution in [3.8, 4) is 11.5 Å². The fourth-order valence-electron chi connectivity index (χ4n) is 3.44. The summed E-state index contributed by atoms with van der Waals surface area (Å²) in [5, 5.41) is 3.07. The van der Waals surface area contributed by atoms with Crippen molar-refractivity contribution >= 4 is 40.9 Å². The Bertz CT molecular complexity index is 1060. The summed E-state index contributed by atoms with van der Waals surface area (Å²) in [6.07, 6.45) is -6.08. The minimum atomic E-state index is -5.16. The van der Waals surface area contributed by atoms with Crippen LogP contribution in [0.15, 0.2) is 42.5 Å². The first kappa shape index (κ1) is 26.7. The molecule has 1 fully saturated rings. The number of primary amides is 1. The number of nitrogens with zero attached hydrogens (tertiary/aromatic N) is 1. The highest BCUT2D eigenvalue weighted by molar-refractivity contribution is 6.42. The Morgan fingerprint density at radius 2 is 1.91 bits per heavy atom. The van der Waals surface area contributed by atoms with Gasteiger partial charge in [0.05, 0.1) is 15.7 Å². The standard InChI is InChI=1S/C22H22Cl2F3N3O5/c23-16-6-5-13(9-17(16)24)34-14-7-8-30(10-14)11-15(35-20(31)22(25,26)27)12-33-19-4-2-1-3-18(19)29-21(28)32/h1-6,9,14-15H,7-8,10-12H2,(H3,28,29,32). The number of esters is 1. The van der Waals surface area contributed by atoms with Crippen molar-refractivity contribution in [3.05, 3.63) is 52.5 Å². The maximum atomic E-state index is 12.8. The van der Waals surface area contributed by atoms with Crippen LogP contribution in [0.25, 0.3) is 0 Å². The molecule has 2 aromatic rings. The number of nitrogens with one attached hydrogen (secondary N) is 1. The third kappa shape index (κ3) is 8.08. The fraction of sp³-hybridized carbons (Fsp3) is 0.364. The summed E-state index contributed by atoms with van der Waals surface area (Å²) in [5.74, 6) is -1.66. The molecular weight excluding hydrogens is 514 g/mol. The molecule has 2 unspecified atom stereocenters. The average Bonchev–Trinajstić information content (AvgIpc) is 3.21. The third-order valence-electron chi connectivity index (χ3n) is 4.96. The molecule has 13 heteroatoms. The zero-order valence-corrected chi connectivity index (χ0v) is 19.7. The van der Waals surface area contributed by atoms with Gasteiger partial charge in [0, 0.05) is 25.7 Å². The number of urea groups is 1. The molecule has 190 valence electrons. The van der Waals surface area contributed by atoms with E-state index in [0.717, 1.165) is 0 Å². The number of hydrogen-bond acceptors (Lipinski definition) is 6. The summed E-state index contributed by atoms with van der Waals surface area (Å²) in [7, 11) is 0. The van der Waals surface area contributed by atoms with E-state index in [1.165, 1.54) is 12.1 Å². The van der Waals surface area contributed by atoms with E-state index in [1.54, 1.807) is 35.2 Å². The molecule has 1 saturated heterocycles. The number of anilines is 1. The summed E-state index contributed by atoms with van der Waals surface area (Å²) in [6, 6.07) is 10.2. The Morgan fingerprint density at radius 1 is 1.17 bits per heavy atom. The molecule has 2 amide bonds. The van der Waals surface area contributed by atoms with Crippen molar-refractivity contribution in [1.29, 1.82) is 0 Å². The van der Waals surface area contributed by atoms with Crippen molar-refractivity contribution < 1.29 is 37.0 Å². The number of alkyl halides is 3. The normalized spacial score (nSPS) is 17.0. The SMILES string of the molecule is NC(=O)Nc1ccccc1OCC(CN1CCC(Oc2ccc(Cl)c(Cl)c2)C1)OC(=O)C(F)(F)F. The van der Waals surface area contributed by atoms with Crippen LogP contribution in [0, 0.1) is 0 Å². The predicted octanol–water partition coefficient (Wildman–Crippen LogP) is 4.49. The first-order chi connectivity index (χ1) is 16.5. The van der Waals surface area contributed by atoms with Gasteiger partial charge in [-0.25, -0.2) is 9.59 Å². The molecule has 2 atom stereocenters. The molecule has 0 saturated carbocycles. The van der Waals surface area contributed by atoms with Crippen LogP contribution < -0.4 is 20.5 Å². The lowest BCUT2D eigenvalue weighted by atomic mass is 10.3. The van der Waals surface area contributed by atoms with Crippen LogP contribution in [0.5, 0.6) is 11.5 Å². The first-order valence-electron chi connectivity index (χ1n) is 10.4. The summed E-state index contributed by atoms with van der Waals surface area (Å²) < 4.78 is 54.6. The number of benzene rings is 2. The van der Waals surface area contributed by atoms with Crippen molar-refractivity contribution in [2.45, 2.75) is 24.8 Å². The number of rotatable bonds is 9. The second kappa shape index (κ2) is 11.7. The minimum Gasteiger partial charge on any atom is -0.489 e. The zero-order chi connectivity index (χ0) is 25.6. The highest BCUT2D eigenvalue weighted by atomic mass is 35.5.